The maximum Gasteiger partial charge on any atom is 0.316 e. The van der Waals surface area contributed by atoms with Crippen LogP contribution in [0, 0.1) is 12.9 Å². The lowest BCUT2D eigenvalue weighted by atomic mass is 10.4. The van der Waals surface area contributed by atoms with Crippen LogP contribution in [0.5, 0.6) is 6.01 Å². The van der Waals surface area contributed by atoms with E-state index < -0.39 is 5.95 Å². The zero-order chi connectivity index (χ0) is 15.9. The molecule has 0 aromatic carbocycles. The average molecular weight is 367 g/mol. The Balaban J connectivity index is 1.98. The number of aliphatic imine (C=N–C) groups is 1. The van der Waals surface area contributed by atoms with Gasteiger partial charge in [-0.1, -0.05) is 0 Å². The molecule has 0 saturated heterocycles. The molecule has 0 aliphatic rings. The van der Waals surface area contributed by atoms with Gasteiger partial charge in [0.15, 0.2) is 0 Å². The van der Waals surface area contributed by atoms with Crippen LogP contribution >= 0.6 is 15.9 Å². The molecule has 22 heavy (non-hydrogen) atoms. The number of hydrazone groups is 1. The zero-order valence-corrected chi connectivity index (χ0v) is 13.2. The van der Waals surface area contributed by atoms with Gasteiger partial charge in [0.25, 0.3) is 0 Å². The Labute approximate surface area is 134 Å². The first-order valence-corrected chi connectivity index (χ1v) is 6.91. The van der Waals surface area contributed by atoms with Gasteiger partial charge in [0, 0.05) is 12.4 Å². The molecule has 2 heterocycles. The van der Waals surface area contributed by atoms with Gasteiger partial charge >= 0.3 is 6.01 Å². The molecule has 114 valence electrons. The average Bonchev–Trinajstić information content (AvgIpc) is 2.52. The lowest BCUT2D eigenvalue weighted by Gasteiger charge is -2.03. The predicted molar refractivity (Wildman–Crippen MR) is 83.9 cm³/mol. The van der Waals surface area contributed by atoms with Crippen LogP contribution in [0.1, 0.15) is 5.56 Å². The Bertz CT molecular complexity index is 704. The molecule has 0 atom stereocenters. The van der Waals surface area contributed by atoms with Crippen LogP contribution in [-0.4, -0.2) is 33.5 Å². The van der Waals surface area contributed by atoms with Crippen molar-refractivity contribution in [1.29, 1.82) is 0 Å². The quantitative estimate of drug-likeness (QED) is 0.378. The molecule has 0 saturated carbocycles. The monoisotopic (exact) mass is 366 g/mol. The fourth-order valence-corrected chi connectivity index (χ4v) is 1.67. The van der Waals surface area contributed by atoms with Gasteiger partial charge in [-0.3, -0.25) is 4.99 Å². The minimum absolute atomic E-state index is 0.0544. The summed E-state index contributed by atoms with van der Waals surface area (Å²) in [6.07, 6.45) is 5.96. The smallest absolute Gasteiger partial charge is 0.316 e. The first-order valence-electron chi connectivity index (χ1n) is 6.12. The highest BCUT2D eigenvalue weighted by molar-refractivity contribution is 9.10. The molecule has 0 unspecified atom stereocenters. The molecule has 0 fully saturated rings. The number of aryl methyl sites for hydroxylation is 1. The molecule has 0 aliphatic carbocycles. The number of pyridine rings is 1. The van der Waals surface area contributed by atoms with Gasteiger partial charge in [0.2, 0.25) is 5.95 Å². The Morgan fingerprint density at radius 3 is 2.73 bits per heavy atom. The van der Waals surface area contributed by atoms with Crippen molar-refractivity contribution >= 4 is 33.5 Å². The maximum atomic E-state index is 13.0. The van der Waals surface area contributed by atoms with E-state index in [2.05, 4.69) is 41.0 Å². The van der Waals surface area contributed by atoms with Crippen molar-refractivity contribution in [3.05, 3.63) is 40.6 Å². The molecule has 2 aromatic rings. The molecule has 0 radical (unpaired) electrons. The third-order valence-electron chi connectivity index (χ3n) is 2.42. The fraction of sp³-hybridized carbons (Fsp3) is 0.154. The molecule has 7 nitrogen and oxygen atoms in total. The molecule has 0 aliphatic heterocycles. The summed E-state index contributed by atoms with van der Waals surface area (Å²) in [5, 5.41) is 3.56. The minimum atomic E-state index is -0.605. The van der Waals surface area contributed by atoms with Crippen molar-refractivity contribution in [3.8, 4) is 6.01 Å². The van der Waals surface area contributed by atoms with Crippen LogP contribution in [0.15, 0.2) is 39.2 Å². The molecule has 0 amide bonds. The van der Waals surface area contributed by atoms with Crippen molar-refractivity contribution < 1.29 is 9.13 Å². The summed E-state index contributed by atoms with van der Waals surface area (Å²) in [7, 11) is 0. The van der Waals surface area contributed by atoms with E-state index in [1.54, 1.807) is 12.4 Å². The molecule has 0 spiro atoms. The molecule has 0 bridgehead atoms. The molecule has 9 heteroatoms. The Kier molecular flexibility index (Phi) is 5.48. The number of hydrogen-bond acceptors (Lipinski definition) is 7. The normalized spacial score (nSPS) is 11.9. The molecule has 2 aromatic heterocycles. The summed E-state index contributed by atoms with van der Waals surface area (Å²) >= 11 is 3.03. The van der Waals surface area contributed by atoms with E-state index in [9.17, 15) is 4.39 Å². The minimum Gasteiger partial charge on any atom is -0.457 e. The van der Waals surface area contributed by atoms with Crippen molar-refractivity contribution in [2.75, 3.05) is 6.61 Å². The number of rotatable bonds is 5. The lowest BCUT2D eigenvalue weighted by Crippen LogP contribution is -2.16. The van der Waals surface area contributed by atoms with Gasteiger partial charge in [0.1, 0.15) is 12.3 Å². The summed E-state index contributed by atoms with van der Waals surface area (Å²) in [6, 6.07) is 1.70. The second-order valence-corrected chi connectivity index (χ2v) is 5.03. The summed E-state index contributed by atoms with van der Waals surface area (Å²) in [4.78, 5) is 15.6. The highest BCUT2D eigenvalue weighted by Crippen LogP contribution is 2.19. The summed E-state index contributed by atoms with van der Waals surface area (Å²) in [6.45, 7) is 1.93. The van der Waals surface area contributed by atoms with Gasteiger partial charge in [0.05, 0.1) is 22.6 Å². The zero-order valence-electron chi connectivity index (χ0n) is 11.6. The van der Waals surface area contributed by atoms with E-state index >= 15 is 0 Å². The third kappa shape index (κ3) is 4.55. The second-order valence-electron chi connectivity index (χ2n) is 4.18. The lowest BCUT2D eigenvalue weighted by molar-refractivity contribution is 0.346. The van der Waals surface area contributed by atoms with Gasteiger partial charge in [-0.05, 0) is 34.5 Å². The van der Waals surface area contributed by atoms with E-state index in [1.165, 1.54) is 18.5 Å². The second kappa shape index (κ2) is 7.55. The predicted octanol–water partition coefficient (Wildman–Crippen LogP) is 2.18. The molecule has 2 N–H and O–H groups in total. The van der Waals surface area contributed by atoms with E-state index in [0.29, 0.717) is 11.4 Å². The highest BCUT2D eigenvalue weighted by atomic mass is 79.9. The number of nitrogens with zero attached hydrogens (tertiary/aromatic N) is 5. The standard InChI is InChI=1S/C13H12BrFN6O/c1-8-3-19-13(20-4-8)22-7-10(21-16)6-17-9-2-11(14)12(15)18-5-9/h2-6H,7,16H2,1H3. The van der Waals surface area contributed by atoms with Gasteiger partial charge in [-0.25, -0.2) is 15.0 Å². The number of nitrogens with two attached hydrogens (primary N) is 1. The van der Waals surface area contributed by atoms with Gasteiger partial charge in [-0.2, -0.15) is 9.49 Å². The van der Waals surface area contributed by atoms with Crippen LogP contribution in [0.2, 0.25) is 0 Å². The van der Waals surface area contributed by atoms with E-state index in [4.69, 9.17) is 10.6 Å². The topological polar surface area (TPSA) is 98.6 Å². The fourth-order valence-electron chi connectivity index (χ4n) is 1.33. The first-order chi connectivity index (χ1) is 10.6. The Hall–Kier alpha value is -2.42. The number of aromatic nitrogens is 3. The van der Waals surface area contributed by atoms with Crippen molar-refractivity contribution in [3.63, 3.8) is 0 Å². The van der Waals surface area contributed by atoms with E-state index in [1.807, 2.05) is 6.92 Å². The largest absolute Gasteiger partial charge is 0.457 e. The Morgan fingerprint density at radius 2 is 2.09 bits per heavy atom. The highest BCUT2D eigenvalue weighted by Gasteiger charge is 2.03. The first kappa shape index (κ1) is 16.0. The maximum absolute atomic E-state index is 13.0. The van der Waals surface area contributed by atoms with E-state index in [0.717, 1.165) is 5.56 Å². The summed E-state index contributed by atoms with van der Waals surface area (Å²) < 4.78 is 18.6. The number of halogens is 2. The Morgan fingerprint density at radius 1 is 1.36 bits per heavy atom. The molecule has 2 rings (SSSR count). The van der Waals surface area contributed by atoms with Crippen LogP contribution in [0.4, 0.5) is 10.1 Å². The number of hydrogen-bond donors (Lipinski definition) is 1. The third-order valence-corrected chi connectivity index (χ3v) is 2.97. The molecular weight excluding hydrogens is 355 g/mol. The van der Waals surface area contributed by atoms with Crippen molar-refractivity contribution in [2.24, 2.45) is 15.9 Å². The summed E-state index contributed by atoms with van der Waals surface area (Å²) in [5.74, 6) is 4.67. The van der Waals surface area contributed by atoms with E-state index in [-0.39, 0.29) is 17.1 Å². The van der Waals surface area contributed by atoms with Crippen molar-refractivity contribution in [2.45, 2.75) is 6.92 Å². The van der Waals surface area contributed by atoms with Gasteiger partial charge < -0.3 is 10.6 Å². The van der Waals surface area contributed by atoms with Crippen molar-refractivity contribution in [1.82, 2.24) is 15.0 Å². The van der Waals surface area contributed by atoms with Crippen LogP contribution in [0.3, 0.4) is 0 Å². The van der Waals surface area contributed by atoms with Crippen LogP contribution < -0.4 is 10.6 Å². The van der Waals surface area contributed by atoms with Crippen LogP contribution in [0.25, 0.3) is 0 Å². The van der Waals surface area contributed by atoms with Crippen LogP contribution in [-0.2, 0) is 0 Å². The van der Waals surface area contributed by atoms with Gasteiger partial charge in [-0.15, -0.1) is 0 Å². The summed E-state index contributed by atoms with van der Waals surface area (Å²) in [5.41, 5.74) is 1.74. The SMILES string of the molecule is Cc1cnc(OCC(C=Nc2cnc(F)c(Br)c2)=NN)nc1. The number of ether oxygens (including phenoxy) is 1. The molecular formula is C13H12BrFN6O.